The highest BCUT2D eigenvalue weighted by atomic mass is 16.4. The van der Waals surface area contributed by atoms with Crippen LogP contribution >= 0.6 is 0 Å². The Hall–Kier alpha value is -3.03. The molecule has 3 rings (SSSR count). The van der Waals surface area contributed by atoms with E-state index in [0.29, 0.717) is 6.54 Å². The lowest BCUT2D eigenvalue weighted by Gasteiger charge is -2.41. The van der Waals surface area contributed by atoms with Crippen molar-refractivity contribution in [1.82, 2.24) is 15.1 Å². The number of rotatable bonds is 6. The summed E-state index contributed by atoms with van der Waals surface area (Å²) in [5.74, 6) is -2.21. The van der Waals surface area contributed by atoms with Gasteiger partial charge in [0.15, 0.2) is 0 Å². The Morgan fingerprint density at radius 2 is 1.79 bits per heavy atom. The Morgan fingerprint density at radius 1 is 1.14 bits per heavy atom. The number of hydrogen-bond acceptors (Lipinski definition) is 4. The lowest BCUT2D eigenvalue weighted by molar-refractivity contribution is -0.137. The highest BCUT2D eigenvalue weighted by Gasteiger charge is 2.39. The summed E-state index contributed by atoms with van der Waals surface area (Å²) >= 11 is 0. The van der Waals surface area contributed by atoms with Crippen LogP contribution in [0, 0.1) is 6.92 Å². The van der Waals surface area contributed by atoms with Crippen LogP contribution in [0.3, 0.4) is 0 Å². The van der Waals surface area contributed by atoms with Gasteiger partial charge in [-0.2, -0.15) is 0 Å². The van der Waals surface area contributed by atoms with E-state index in [1.165, 1.54) is 9.80 Å². The molecule has 0 bridgehead atoms. The number of aliphatic carboxylic acids is 1. The van der Waals surface area contributed by atoms with Crippen LogP contribution in [0.5, 0.6) is 0 Å². The highest BCUT2D eigenvalue weighted by Crippen LogP contribution is 2.30. The fourth-order valence-corrected chi connectivity index (χ4v) is 3.86. The third-order valence-corrected chi connectivity index (χ3v) is 5.43. The Bertz CT molecular complexity index is 812. The number of aryl methyl sites for hydroxylation is 1. The number of benzene rings is 1. The zero-order valence-electron chi connectivity index (χ0n) is 16.6. The topological polar surface area (TPSA) is 110 Å². The number of carboxylic acid groups (broad SMARTS) is 1. The number of nitrogens with one attached hydrogen (secondary N) is 1. The summed E-state index contributed by atoms with van der Waals surface area (Å²) in [6.45, 7) is 1.65. The van der Waals surface area contributed by atoms with E-state index in [1.54, 1.807) is 0 Å². The second-order valence-electron chi connectivity index (χ2n) is 7.66. The van der Waals surface area contributed by atoms with E-state index in [9.17, 15) is 19.5 Å². The van der Waals surface area contributed by atoms with E-state index in [4.69, 9.17) is 5.11 Å². The van der Waals surface area contributed by atoms with Gasteiger partial charge in [0.25, 0.3) is 5.91 Å². The summed E-state index contributed by atoms with van der Waals surface area (Å²) < 4.78 is 0. The standard InChI is InChI=1S/C21H27N3O5/c1-14-7-9-15(10-8-14)12-23-13-17(19(27)22-11-18(25)26)20(28)24(21(23)29)16-5-3-2-4-6-16/h7-10,16,28H,2-6,11-13H2,1H3,(H,22,27)(H,25,26). The molecule has 0 aromatic heterocycles. The van der Waals surface area contributed by atoms with E-state index >= 15 is 0 Å². The van der Waals surface area contributed by atoms with Crippen LogP contribution in [-0.4, -0.2) is 57.1 Å². The molecule has 0 unspecified atom stereocenters. The number of carbonyl (C=O) groups excluding carboxylic acids is 2. The lowest BCUT2D eigenvalue weighted by atomic mass is 9.93. The molecular weight excluding hydrogens is 374 g/mol. The van der Waals surface area contributed by atoms with Gasteiger partial charge in [0.05, 0.1) is 12.1 Å². The monoisotopic (exact) mass is 401 g/mol. The number of nitrogens with zero attached hydrogens (tertiary/aromatic N) is 2. The number of carboxylic acids is 1. The van der Waals surface area contributed by atoms with Crippen molar-refractivity contribution in [3.05, 3.63) is 46.8 Å². The first kappa shape index (κ1) is 20.7. The van der Waals surface area contributed by atoms with Gasteiger partial charge >= 0.3 is 12.0 Å². The van der Waals surface area contributed by atoms with Crippen molar-refractivity contribution < 1.29 is 24.6 Å². The molecule has 3 amide bonds. The van der Waals surface area contributed by atoms with E-state index < -0.39 is 18.4 Å². The maximum Gasteiger partial charge on any atom is 0.327 e. The van der Waals surface area contributed by atoms with Crippen molar-refractivity contribution in [2.24, 2.45) is 0 Å². The molecule has 1 aromatic rings. The molecule has 2 aliphatic rings. The van der Waals surface area contributed by atoms with Crippen molar-refractivity contribution in [1.29, 1.82) is 0 Å². The molecule has 1 aliphatic heterocycles. The fraction of sp³-hybridized carbons (Fsp3) is 0.476. The Balaban J connectivity index is 1.88. The average Bonchev–Trinajstić information content (AvgIpc) is 2.70. The molecule has 29 heavy (non-hydrogen) atoms. The maximum absolute atomic E-state index is 13.2. The van der Waals surface area contributed by atoms with Gasteiger partial charge in [0.2, 0.25) is 5.88 Å². The molecule has 1 fully saturated rings. The predicted octanol–water partition coefficient (Wildman–Crippen LogP) is 2.54. The molecule has 0 saturated heterocycles. The summed E-state index contributed by atoms with van der Waals surface area (Å²) in [6.07, 6.45) is 4.53. The molecule has 156 valence electrons. The Morgan fingerprint density at radius 3 is 2.41 bits per heavy atom. The van der Waals surface area contributed by atoms with Crippen LogP contribution in [0.4, 0.5) is 4.79 Å². The number of carbonyl (C=O) groups is 3. The minimum atomic E-state index is -1.18. The molecular formula is C21H27N3O5. The third-order valence-electron chi connectivity index (χ3n) is 5.43. The van der Waals surface area contributed by atoms with Crippen LogP contribution < -0.4 is 5.32 Å². The van der Waals surface area contributed by atoms with Gasteiger partial charge in [0.1, 0.15) is 6.54 Å². The number of hydrogen-bond donors (Lipinski definition) is 3. The Kier molecular flexibility index (Phi) is 6.41. The predicted molar refractivity (Wildman–Crippen MR) is 106 cm³/mol. The maximum atomic E-state index is 13.2. The molecule has 0 spiro atoms. The SMILES string of the molecule is Cc1ccc(CN2CC(C(=O)NCC(=O)O)=C(O)N(C3CCCCC3)C2=O)cc1. The van der Waals surface area contributed by atoms with Gasteiger partial charge in [-0.15, -0.1) is 0 Å². The fourth-order valence-electron chi connectivity index (χ4n) is 3.86. The van der Waals surface area contributed by atoms with Gasteiger partial charge in [-0.1, -0.05) is 49.1 Å². The van der Waals surface area contributed by atoms with Gasteiger partial charge in [-0.3, -0.25) is 14.5 Å². The second kappa shape index (κ2) is 8.98. The first-order chi connectivity index (χ1) is 13.9. The molecule has 0 atom stereocenters. The zero-order valence-corrected chi connectivity index (χ0v) is 16.6. The summed E-state index contributed by atoms with van der Waals surface area (Å²) in [7, 11) is 0. The number of amides is 3. The van der Waals surface area contributed by atoms with Gasteiger partial charge in [-0.05, 0) is 25.3 Å². The highest BCUT2D eigenvalue weighted by molar-refractivity contribution is 5.98. The number of aliphatic hydroxyl groups is 1. The lowest BCUT2D eigenvalue weighted by Crippen LogP contribution is -2.54. The Labute approximate surface area is 169 Å². The van der Waals surface area contributed by atoms with Crippen molar-refractivity contribution in [2.45, 2.75) is 51.6 Å². The van der Waals surface area contributed by atoms with E-state index in [1.807, 2.05) is 31.2 Å². The van der Waals surface area contributed by atoms with Gasteiger partial charge in [0, 0.05) is 12.6 Å². The first-order valence-corrected chi connectivity index (χ1v) is 9.92. The minimum absolute atomic E-state index is 0.0172. The van der Waals surface area contributed by atoms with Crippen molar-refractivity contribution >= 4 is 17.9 Å². The van der Waals surface area contributed by atoms with Crippen molar-refractivity contribution in [3.63, 3.8) is 0 Å². The first-order valence-electron chi connectivity index (χ1n) is 9.92. The number of aliphatic hydroxyl groups excluding tert-OH is 1. The second-order valence-corrected chi connectivity index (χ2v) is 7.66. The van der Waals surface area contributed by atoms with Crippen molar-refractivity contribution in [2.75, 3.05) is 13.1 Å². The minimum Gasteiger partial charge on any atom is -0.494 e. The normalized spacial score (nSPS) is 18.2. The molecule has 1 heterocycles. The van der Waals surface area contributed by atoms with Gasteiger partial charge in [-0.25, -0.2) is 4.79 Å². The molecule has 1 aliphatic carbocycles. The van der Waals surface area contributed by atoms with E-state index in [-0.39, 0.29) is 30.1 Å². The molecule has 0 radical (unpaired) electrons. The van der Waals surface area contributed by atoms with E-state index in [2.05, 4.69) is 5.32 Å². The van der Waals surface area contributed by atoms with Crippen LogP contribution in [0.15, 0.2) is 35.7 Å². The van der Waals surface area contributed by atoms with Crippen LogP contribution in [0.2, 0.25) is 0 Å². The third kappa shape index (κ3) is 4.88. The average molecular weight is 401 g/mol. The van der Waals surface area contributed by atoms with Crippen LogP contribution in [-0.2, 0) is 16.1 Å². The van der Waals surface area contributed by atoms with Crippen LogP contribution in [0.25, 0.3) is 0 Å². The van der Waals surface area contributed by atoms with Crippen LogP contribution in [0.1, 0.15) is 43.2 Å². The summed E-state index contributed by atoms with van der Waals surface area (Å²) in [6, 6.07) is 7.27. The summed E-state index contributed by atoms with van der Waals surface area (Å²) in [4.78, 5) is 39.4. The van der Waals surface area contributed by atoms with Gasteiger partial charge < -0.3 is 20.4 Å². The smallest absolute Gasteiger partial charge is 0.327 e. The van der Waals surface area contributed by atoms with Crippen molar-refractivity contribution in [3.8, 4) is 0 Å². The zero-order chi connectivity index (χ0) is 21.0. The largest absolute Gasteiger partial charge is 0.494 e. The molecule has 1 aromatic carbocycles. The quantitative estimate of drug-likeness (QED) is 0.678. The molecule has 1 saturated carbocycles. The molecule has 3 N–H and O–H groups in total. The molecule has 8 heteroatoms. The number of urea groups is 1. The summed E-state index contributed by atoms with van der Waals surface area (Å²) in [5, 5.41) is 21.9. The summed E-state index contributed by atoms with van der Waals surface area (Å²) in [5.41, 5.74) is 2.04. The van der Waals surface area contributed by atoms with E-state index in [0.717, 1.165) is 43.2 Å². The molecule has 8 nitrogen and oxygen atoms in total.